The van der Waals surface area contributed by atoms with Crippen molar-refractivity contribution in [2.45, 2.75) is 37.5 Å². The molecule has 4 bridgehead atoms. The number of fused-ring (bicyclic) bond motifs is 3. The summed E-state index contributed by atoms with van der Waals surface area (Å²) < 4.78 is 0. The van der Waals surface area contributed by atoms with E-state index in [1.54, 1.807) is 0 Å². The molecule has 0 aliphatic heterocycles. The molecule has 4 aromatic carbocycles. The highest BCUT2D eigenvalue weighted by Crippen LogP contribution is 2.70. The van der Waals surface area contributed by atoms with Gasteiger partial charge in [-0.1, -0.05) is 83.9 Å². The van der Waals surface area contributed by atoms with Crippen molar-refractivity contribution in [3.8, 4) is 33.4 Å². The van der Waals surface area contributed by atoms with Crippen molar-refractivity contribution in [3.05, 3.63) is 106 Å². The van der Waals surface area contributed by atoms with Crippen LogP contribution < -0.4 is 0 Å². The third-order valence-electron chi connectivity index (χ3n) is 9.96. The number of rotatable bonds is 2. The van der Waals surface area contributed by atoms with Gasteiger partial charge in [0, 0.05) is 16.0 Å². The van der Waals surface area contributed by atoms with Crippen molar-refractivity contribution in [1.29, 1.82) is 0 Å². The highest BCUT2D eigenvalue weighted by atomic mass is 35.5. The number of benzene rings is 4. The Morgan fingerprint density at radius 1 is 0.556 bits per heavy atom. The number of halogens is 2. The van der Waals surface area contributed by atoms with E-state index in [0.29, 0.717) is 11.8 Å². The molecule has 0 saturated heterocycles. The monoisotopic (exact) mass is 506 g/mol. The summed E-state index contributed by atoms with van der Waals surface area (Å²) in [7, 11) is 0. The highest BCUT2D eigenvalue weighted by molar-refractivity contribution is 6.37. The second-order valence-electron chi connectivity index (χ2n) is 11.7. The van der Waals surface area contributed by atoms with Crippen molar-refractivity contribution in [1.82, 2.24) is 0 Å². The molecule has 5 aliphatic rings. The van der Waals surface area contributed by atoms with Crippen LogP contribution in [0, 0.1) is 23.7 Å². The van der Waals surface area contributed by atoms with Gasteiger partial charge in [-0.25, -0.2) is 0 Å². The minimum Gasteiger partial charge on any atom is -0.0843 e. The van der Waals surface area contributed by atoms with Crippen molar-refractivity contribution in [2.75, 3.05) is 0 Å². The van der Waals surface area contributed by atoms with Crippen LogP contribution >= 0.6 is 23.2 Å². The van der Waals surface area contributed by atoms with Gasteiger partial charge in [-0.2, -0.15) is 0 Å². The Kier molecular flexibility index (Phi) is 4.63. The van der Waals surface area contributed by atoms with Gasteiger partial charge in [0.05, 0.1) is 5.02 Å². The molecule has 0 radical (unpaired) electrons. The molecule has 0 amide bonds. The smallest absolute Gasteiger partial charge is 0.0502 e. The van der Waals surface area contributed by atoms with E-state index >= 15 is 0 Å². The normalized spacial score (nSPS) is 28.9. The Hall–Kier alpha value is -2.54. The van der Waals surface area contributed by atoms with Gasteiger partial charge in [-0.3, -0.25) is 0 Å². The Balaban J connectivity index is 1.34. The van der Waals surface area contributed by atoms with Crippen LogP contribution in [0.5, 0.6) is 0 Å². The fraction of sp³-hybridized carbons (Fsp3) is 0.294. The van der Waals surface area contributed by atoms with E-state index < -0.39 is 0 Å². The lowest BCUT2D eigenvalue weighted by molar-refractivity contribution is -0.0399. The fourth-order valence-electron chi connectivity index (χ4n) is 8.92. The number of hydrogen-bond acceptors (Lipinski definition) is 0. The first kappa shape index (κ1) is 21.5. The molecule has 0 heterocycles. The minimum atomic E-state index is 0.0552. The van der Waals surface area contributed by atoms with Crippen LogP contribution in [-0.2, 0) is 5.41 Å². The van der Waals surface area contributed by atoms with Crippen LogP contribution in [0.3, 0.4) is 0 Å². The summed E-state index contributed by atoms with van der Waals surface area (Å²) in [4.78, 5) is 0. The summed E-state index contributed by atoms with van der Waals surface area (Å²) in [5, 5.41) is 1.58. The summed E-state index contributed by atoms with van der Waals surface area (Å²) in [6.07, 6.45) is 6.85. The van der Waals surface area contributed by atoms with Gasteiger partial charge in [0.25, 0.3) is 0 Å². The predicted molar refractivity (Wildman–Crippen MR) is 151 cm³/mol. The first-order valence-corrected chi connectivity index (χ1v) is 14.2. The summed E-state index contributed by atoms with van der Waals surface area (Å²) in [5.41, 5.74) is 10.7. The van der Waals surface area contributed by atoms with Crippen LogP contribution in [0.1, 0.15) is 43.2 Å². The maximum Gasteiger partial charge on any atom is 0.0502 e. The third-order valence-corrected chi connectivity index (χ3v) is 10.5. The van der Waals surface area contributed by atoms with Crippen LogP contribution in [0.25, 0.3) is 33.4 Å². The van der Waals surface area contributed by atoms with Crippen LogP contribution in [0.15, 0.2) is 84.9 Å². The maximum atomic E-state index is 6.96. The third kappa shape index (κ3) is 2.89. The molecular formula is C34H28Cl2. The number of hydrogen-bond donors (Lipinski definition) is 0. The lowest BCUT2D eigenvalue weighted by atomic mass is 9.43. The largest absolute Gasteiger partial charge is 0.0843 e. The Labute approximate surface area is 223 Å². The van der Waals surface area contributed by atoms with E-state index in [4.69, 9.17) is 23.2 Å². The first-order chi connectivity index (χ1) is 17.6. The molecule has 36 heavy (non-hydrogen) atoms. The molecule has 0 N–H and O–H groups in total. The zero-order valence-electron chi connectivity index (χ0n) is 20.2. The standard InChI is InChI=1S/C34H28Cl2/c35-28-18-31-33(32(36)19-28)29-10-9-25(24-8-4-7-23(16-24)22-5-2-1-3-6-22)17-30(29)34(31)26-12-20-11-21(14-26)15-27(34)13-20/h1-10,16-21,26-27H,11-15H2. The van der Waals surface area contributed by atoms with Crippen LogP contribution in [0.2, 0.25) is 10.0 Å². The van der Waals surface area contributed by atoms with Gasteiger partial charge < -0.3 is 0 Å². The summed E-state index contributed by atoms with van der Waals surface area (Å²) in [6, 6.07) is 31.0. The first-order valence-electron chi connectivity index (χ1n) is 13.4. The molecule has 4 saturated carbocycles. The molecule has 0 aromatic heterocycles. The predicted octanol–water partition coefficient (Wildman–Crippen LogP) is 10.0. The van der Waals surface area contributed by atoms with Gasteiger partial charge in [-0.15, -0.1) is 0 Å². The minimum absolute atomic E-state index is 0.0552. The molecule has 9 rings (SSSR count). The SMILES string of the molecule is Clc1cc(Cl)c2c(c1)C1(c3cc(-c4cccc(-c5ccccc5)c4)ccc3-2)C2CC3CC(C2)CC1C3. The van der Waals surface area contributed by atoms with Gasteiger partial charge in [0.15, 0.2) is 0 Å². The van der Waals surface area contributed by atoms with Crippen molar-refractivity contribution in [2.24, 2.45) is 23.7 Å². The van der Waals surface area contributed by atoms with E-state index in [1.807, 2.05) is 6.07 Å². The molecule has 0 unspecified atom stereocenters. The molecule has 4 fully saturated rings. The molecule has 1 spiro atoms. The topological polar surface area (TPSA) is 0 Å². The average molecular weight is 508 g/mol. The van der Waals surface area contributed by atoms with Crippen molar-refractivity contribution in [3.63, 3.8) is 0 Å². The van der Waals surface area contributed by atoms with Gasteiger partial charge in [0.2, 0.25) is 0 Å². The van der Waals surface area contributed by atoms with Gasteiger partial charge in [-0.05, 0) is 119 Å². The Bertz CT molecular complexity index is 1490. The molecule has 2 heteroatoms. The van der Waals surface area contributed by atoms with Crippen LogP contribution in [-0.4, -0.2) is 0 Å². The van der Waals surface area contributed by atoms with Crippen LogP contribution in [0.4, 0.5) is 0 Å². The fourth-order valence-corrected chi connectivity index (χ4v) is 9.51. The Morgan fingerprint density at radius 2 is 1.19 bits per heavy atom. The van der Waals surface area contributed by atoms with E-state index in [9.17, 15) is 0 Å². The lowest BCUT2D eigenvalue weighted by Crippen LogP contribution is -2.55. The summed E-state index contributed by atoms with van der Waals surface area (Å²) in [5.74, 6) is 3.19. The second-order valence-corrected chi connectivity index (χ2v) is 12.5. The van der Waals surface area contributed by atoms with E-state index in [2.05, 4.69) is 78.9 Å². The molecule has 4 aromatic rings. The molecular weight excluding hydrogens is 479 g/mol. The van der Waals surface area contributed by atoms with Gasteiger partial charge >= 0.3 is 0 Å². The maximum absolute atomic E-state index is 6.96. The van der Waals surface area contributed by atoms with E-state index in [0.717, 1.165) is 21.9 Å². The quantitative estimate of drug-likeness (QED) is 0.253. The lowest BCUT2D eigenvalue weighted by Gasteiger charge is -2.61. The van der Waals surface area contributed by atoms with Crippen molar-refractivity contribution < 1.29 is 0 Å². The zero-order chi connectivity index (χ0) is 24.0. The van der Waals surface area contributed by atoms with Gasteiger partial charge in [0.1, 0.15) is 0 Å². The summed E-state index contributed by atoms with van der Waals surface area (Å²) in [6.45, 7) is 0. The molecule has 0 nitrogen and oxygen atoms in total. The van der Waals surface area contributed by atoms with Crippen molar-refractivity contribution >= 4 is 23.2 Å². The second kappa shape index (κ2) is 7.73. The average Bonchev–Trinajstić information content (AvgIpc) is 3.17. The molecule has 5 aliphatic carbocycles. The highest BCUT2D eigenvalue weighted by Gasteiger charge is 2.61. The van der Waals surface area contributed by atoms with E-state index in [-0.39, 0.29) is 5.41 Å². The Morgan fingerprint density at radius 3 is 1.92 bits per heavy atom. The molecule has 0 atom stereocenters. The zero-order valence-corrected chi connectivity index (χ0v) is 21.7. The molecule has 178 valence electrons. The summed E-state index contributed by atoms with van der Waals surface area (Å²) >= 11 is 13.6. The van der Waals surface area contributed by atoms with E-state index in [1.165, 1.54) is 76.6 Å².